The van der Waals surface area contributed by atoms with Crippen LogP contribution in [-0.2, 0) is 6.42 Å². The largest absolute Gasteiger partial charge is 0.494 e. The maximum atomic E-state index is 13.8. The fourth-order valence-corrected chi connectivity index (χ4v) is 2.82. The number of rotatable bonds is 8. The average Bonchev–Trinajstić information content (AvgIpc) is 2.65. The summed E-state index contributed by atoms with van der Waals surface area (Å²) in [6, 6.07) is 14.4. The lowest BCUT2D eigenvalue weighted by atomic mass is 10.1. The molecule has 0 aromatic heterocycles. The van der Waals surface area contributed by atoms with E-state index in [1.54, 1.807) is 12.1 Å². The van der Waals surface area contributed by atoms with Crippen molar-refractivity contribution in [2.24, 2.45) is 0 Å². The molecular weight excluding hydrogens is 345 g/mol. The Morgan fingerprint density at radius 2 is 1.89 bits per heavy atom. The van der Waals surface area contributed by atoms with Crippen LogP contribution in [0.3, 0.4) is 0 Å². The van der Waals surface area contributed by atoms with E-state index in [9.17, 15) is 9.18 Å². The Hall–Kier alpha value is -2.60. The van der Waals surface area contributed by atoms with E-state index < -0.39 is 5.82 Å². The Morgan fingerprint density at radius 3 is 2.48 bits per heavy atom. The van der Waals surface area contributed by atoms with Gasteiger partial charge in [0.2, 0.25) is 0 Å². The quantitative estimate of drug-likeness (QED) is 0.746. The van der Waals surface area contributed by atoms with Gasteiger partial charge in [-0.3, -0.25) is 0 Å². The van der Waals surface area contributed by atoms with Crippen molar-refractivity contribution >= 4 is 6.03 Å². The molecule has 0 saturated carbocycles. The van der Waals surface area contributed by atoms with E-state index in [-0.39, 0.29) is 23.9 Å². The van der Waals surface area contributed by atoms with Crippen LogP contribution in [0.4, 0.5) is 9.18 Å². The molecule has 5 nitrogen and oxygen atoms in total. The van der Waals surface area contributed by atoms with Crippen LogP contribution >= 0.6 is 0 Å². The summed E-state index contributed by atoms with van der Waals surface area (Å²) in [4.78, 5) is 14.3. The summed E-state index contributed by atoms with van der Waals surface area (Å²) in [7, 11) is 5.41. The monoisotopic (exact) mass is 373 g/mol. The average molecular weight is 373 g/mol. The smallest absolute Gasteiger partial charge is 0.315 e. The number of hydrogen-bond donors (Lipinski definition) is 2. The van der Waals surface area contributed by atoms with E-state index in [0.29, 0.717) is 12.1 Å². The third-order valence-corrected chi connectivity index (χ3v) is 4.57. The molecule has 0 aliphatic carbocycles. The van der Waals surface area contributed by atoms with Crippen LogP contribution in [-0.4, -0.2) is 44.7 Å². The summed E-state index contributed by atoms with van der Waals surface area (Å²) in [6.45, 7) is 2.33. The molecule has 2 amide bonds. The lowest BCUT2D eigenvalue weighted by Crippen LogP contribution is -2.45. The molecular formula is C21H28FN3O2. The van der Waals surface area contributed by atoms with Crippen LogP contribution in [0.25, 0.3) is 0 Å². The van der Waals surface area contributed by atoms with Gasteiger partial charge in [-0.1, -0.05) is 36.4 Å². The predicted octanol–water partition coefficient (Wildman–Crippen LogP) is 3.37. The molecule has 0 aliphatic heterocycles. The molecule has 0 radical (unpaired) electrons. The van der Waals surface area contributed by atoms with Crippen LogP contribution in [0.5, 0.6) is 5.75 Å². The first-order valence-electron chi connectivity index (χ1n) is 8.99. The Labute approximate surface area is 160 Å². The van der Waals surface area contributed by atoms with Crippen molar-refractivity contribution in [1.82, 2.24) is 15.5 Å². The number of nitrogens with zero attached hydrogens (tertiary/aromatic N) is 1. The summed E-state index contributed by atoms with van der Waals surface area (Å²) in [5, 5.41) is 5.75. The predicted molar refractivity (Wildman–Crippen MR) is 106 cm³/mol. The molecule has 2 N–H and O–H groups in total. The lowest BCUT2D eigenvalue weighted by Gasteiger charge is -2.25. The van der Waals surface area contributed by atoms with Crippen molar-refractivity contribution in [3.8, 4) is 5.75 Å². The van der Waals surface area contributed by atoms with Gasteiger partial charge in [0.05, 0.1) is 13.2 Å². The van der Waals surface area contributed by atoms with Crippen molar-refractivity contribution < 1.29 is 13.9 Å². The number of urea groups is 1. The first-order chi connectivity index (χ1) is 12.9. The SMILES string of the molecule is COc1ccc(C(C)NC(=O)NCC(Cc2ccccc2)N(C)C)cc1F. The molecule has 0 bridgehead atoms. The van der Waals surface area contributed by atoms with Crippen molar-refractivity contribution in [1.29, 1.82) is 0 Å². The zero-order valence-corrected chi connectivity index (χ0v) is 16.3. The van der Waals surface area contributed by atoms with Gasteiger partial charge >= 0.3 is 6.03 Å². The molecule has 0 heterocycles. The summed E-state index contributed by atoms with van der Waals surface area (Å²) < 4.78 is 18.8. The number of methoxy groups -OCH3 is 1. The highest BCUT2D eigenvalue weighted by atomic mass is 19.1. The summed E-state index contributed by atoms with van der Waals surface area (Å²) in [5.41, 5.74) is 1.90. The molecule has 27 heavy (non-hydrogen) atoms. The second-order valence-corrected chi connectivity index (χ2v) is 6.78. The second-order valence-electron chi connectivity index (χ2n) is 6.78. The van der Waals surface area contributed by atoms with Crippen LogP contribution in [0.1, 0.15) is 24.1 Å². The van der Waals surface area contributed by atoms with Gasteiger partial charge < -0.3 is 20.3 Å². The summed E-state index contributed by atoms with van der Waals surface area (Å²) in [6.07, 6.45) is 0.841. The Balaban J connectivity index is 1.88. The third-order valence-electron chi connectivity index (χ3n) is 4.57. The number of ether oxygens (including phenoxy) is 1. The fourth-order valence-electron chi connectivity index (χ4n) is 2.82. The molecule has 2 rings (SSSR count). The van der Waals surface area contributed by atoms with Gasteiger partial charge in [0, 0.05) is 12.6 Å². The van der Waals surface area contributed by atoms with E-state index >= 15 is 0 Å². The van der Waals surface area contributed by atoms with Crippen molar-refractivity contribution in [2.45, 2.75) is 25.4 Å². The first-order valence-corrected chi connectivity index (χ1v) is 8.99. The number of hydrogen-bond acceptors (Lipinski definition) is 3. The van der Waals surface area contributed by atoms with Crippen molar-refractivity contribution in [2.75, 3.05) is 27.7 Å². The number of nitrogens with one attached hydrogen (secondary N) is 2. The van der Waals surface area contributed by atoms with Gasteiger partial charge in [-0.2, -0.15) is 0 Å². The minimum absolute atomic E-state index is 0.173. The molecule has 0 aliphatic rings. The molecule has 6 heteroatoms. The maximum Gasteiger partial charge on any atom is 0.315 e. The molecule has 2 aromatic carbocycles. The lowest BCUT2D eigenvalue weighted by molar-refractivity contribution is 0.229. The Morgan fingerprint density at radius 1 is 1.19 bits per heavy atom. The van der Waals surface area contributed by atoms with Crippen molar-refractivity contribution in [3.63, 3.8) is 0 Å². The van der Waals surface area contributed by atoms with E-state index in [1.807, 2.05) is 39.2 Å². The maximum absolute atomic E-state index is 13.8. The van der Waals surface area contributed by atoms with Crippen LogP contribution in [0.2, 0.25) is 0 Å². The van der Waals surface area contributed by atoms with Gasteiger partial charge in [-0.15, -0.1) is 0 Å². The zero-order chi connectivity index (χ0) is 19.8. The van der Waals surface area contributed by atoms with E-state index in [2.05, 4.69) is 27.7 Å². The van der Waals surface area contributed by atoms with E-state index in [4.69, 9.17) is 4.74 Å². The number of halogens is 1. The summed E-state index contributed by atoms with van der Waals surface area (Å²) >= 11 is 0. The number of carbonyl (C=O) groups is 1. The Bertz CT molecular complexity index is 737. The van der Waals surface area contributed by atoms with Crippen molar-refractivity contribution in [3.05, 3.63) is 65.5 Å². The zero-order valence-electron chi connectivity index (χ0n) is 16.3. The molecule has 2 unspecified atom stereocenters. The second kappa shape index (κ2) is 9.92. The molecule has 0 spiro atoms. The van der Waals surface area contributed by atoms with Crippen LogP contribution in [0.15, 0.2) is 48.5 Å². The van der Waals surface area contributed by atoms with Gasteiger partial charge in [0.15, 0.2) is 11.6 Å². The molecule has 0 fully saturated rings. The molecule has 2 atom stereocenters. The van der Waals surface area contributed by atoms with Gasteiger partial charge in [0.1, 0.15) is 0 Å². The molecule has 146 valence electrons. The highest BCUT2D eigenvalue weighted by molar-refractivity contribution is 5.74. The number of benzene rings is 2. The minimum Gasteiger partial charge on any atom is -0.494 e. The van der Waals surface area contributed by atoms with Crippen LogP contribution < -0.4 is 15.4 Å². The minimum atomic E-state index is -0.445. The van der Waals surface area contributed by atoms with Gasteiger partial charge in [-0.25, -0.2) is 9.18 Å². The summed E-state index contributed by atoms with van der Waals surface area (Å²) in [5.74, 6) is -0.260. The first kappa shape index (κ1) is 20.7. The number of carbonyl (C=O) groups excluding carboxylic acids is 1. The normalized spacial score (nSPS) is 13.1. The molecule has 2 aromatic rings. The highest BCUT2D eigenvalue weighted by Gasteiger charge is 2.16. The standard InChI is InChI=1S/C21H28FN3O2/c1-15(17-10-11-20(27-4)19(22)13-17)24-21(26)23-14-18(25(2)3)12-16-8-6-5-7-9-16/h5-11,13,15,18H,12,14H2,1-4H3,(H2,23,24,26). The Kier molecular flexibility index (Phi) is 7.61. The van der Waals surface area contributed by atoms with Gasteiger partial charge in [-0.05, 0) is 50.7 Å². The number of likely N-dealkylation sites (N-methyl/N-ethyl adjacent to an activating group) is 1. The molecule has 0 saturated heterocycles. The van der Waals surface area contributed by atoms with Crippen LogP contribution in [0, 0.1) is 5.82 Å². The van der Waals surface area contributed by atoms with E-state index in [1.165, 1.54) is 18.7 Å². The van der Waals surface area contributed by atoms with Gasteiger partial charge in [0.25, 0.3) is 0 Å². The highest BCUT2D eigenvalue weighted by Crippen LogP contribution is 2.21. The van der Waals surface area contributed by atoms with E-state index in [0.717, 1.165) is 6.42 Å². The fraction of sp³-hybridized carbons (Fsp3) is 0.381. The number of amides is 2. The topological polar surface area (TPSA) is 53.6 Å². The third kappa shape index (κ3) is 6.25.